The lowest BCUT2D eigenvalue weighted by Gasteiger charge is -2.35. The third-order valence-corrected chi connectivity index (χ3v) is 5.10. The summed E-state index contributed by atoms with van der Waals surface area (Å²) in [5.41, 5.74) is 2.17. The molecule has 0 radical (unpaired) electrons. The van der Waals surface area contributed by atoms with E-state index in [9.17, 15) is 9.90 Å². The van der Waals surface area contributed by atoms with Gasteiger partial charge in [-0.05, 0) is 52.2 Å². The summed E-state index contributed by atoms with van der Waals surface area (Å²) in [5, 5.41) is 10.2. The van der Waals surface area contributed by atoms with Crippen molar-refractivity contribution in [1.29, 1.82) is 0 Å². The SMILES string of the molecule is CCOC(=O)c1ccc(O)c2c1OC(C)([C@@H]1CC=C(C)CC1)C2. The highest BCUT2D eigenvalue weighted by atomic mass is 16.5. The Hall–Kier alpha value is -1.97. The van der Waals surface area contributed by atoms with Crippen molar-refractivity contribution in [1.82, 2.24) is 0 Å². The van der Waals surface area contributed by atoms with Crippen LogP contribution in [0.1, 0.15) is 56.0 Å². The van der Waals surface area contributed by atoms with Crippen LogP contribution in [0.3, 0.4) is 0 Å². The molecule has 0 amide bonds. The van der Waals surface area contributed by atoms with E-state index in [1.165, 1.54) is 5.57 Å². The zero-order chi connectivity index (χ0) is 16.6. The van der Waals surface area contributed by atoms with Crippen LogP contribution in [-0.2, 0) is 11.2 Å². The second-order valence-corrected chi connectivity index (χ2v) is 6.77. The lowest BCUT2D eigenvalue weighted by molar-refractivity contribution is 0.0376. The molecule has 0 bridgehead atoms. The third-order valence-electron chi connectivity index (χ3n) is 5.10. The summed E-state index contributed by atoms with van der Waals surface area (Å²) in [6.45, 7) is 6.34. The highest BCUT2D eigenvalue weighted by Gasteiger charge is 2.44. The van der Waals surface area contributed by atoms with Gasteiger partial charge in [0.25, 0.3) is 0 Å². The first-order valence-corrected chi connectivity index (χ1v) is 8.31. The number of carbonyl (C=O) groups is 1. The van der Waals surface area contributed by atoms with Crippen LogP contribution in [0.15, 0.2) is 23.8 Å². The summed E-state index contributed by atoms with van der Waals surface area (Å²) < 4.78 is 11.4. The first-order valence-electron chi connectivity index (χ1n) is 8.31. The van der Waals surface area contributed by atoms with E-state index in [1.54, 1.807) is 19.1 Å². The van der Waals surface area contributed by atoms with Crippen molar-refractivity contribution in [2.45, 2.75) is 52.1 Å². The number of carbonyl (C=O) groups excluding carboxylic acids is 1. The maximum absolute atomic E-state index is 12.2. The van der Waals surface area contributed by atoms with Crippen molar-refractivity contribution >= 4 is 5.97 Å². The number of hydrogen-bond donors (Lipinski definition) is 1. The first-order chi connectivity index (χ1) is 10.9. The Morgan fingerprint density at radius 2 is 2.26 bits per heavy atom. The van der Waals surface area contributed by atoms with E-state index in [4.69, 9.17) is 9.47 Å². The predicted molar refractivity (Wildman–Crippen MR) is 87.9 cm³/mol. The molecule has 2 atom stereocenters. The summed E-state index contributed by atoms with van der Waals surface area (Å²) in [7, 11) is 0. The second kappa shape index (κ2) is 5.91. The minimum absolute atomic E-state index is 0.194. The van der Waals surface area contributed by atoms with Gasteiger partial charge >= 0.3 is 5.97 Å². The molecule has 0 aromatic heterocycles. The molecule has 3 rings (SSSR count). The molecule has 0 fully saturated rings. The number of phenolic OH excluding ortho intramolecular Hbond substituents is 1. The highest BCUT2D eigenvalue weighted by Crippen LogP contribution is 2.48. The van der Waals surface area contributed by atoms with Gasteiger partial charge in [-0.1, -0.05) is 11.6 Å². The minimum Gasteiger partial charge on any atom is -0.508 e. The number of benzene rings is 1. The predicted octanol–water partition coefficient (Wildman–Crippen LogP) is 4.01. The molecule has 4 heteroatoms. The van der Waals surface area contributed by atoms with Gasteiger partial charge in [-0.15, -0.1) is 0 Å². The van der Waals surface area contributed by atoms with E-state index in [0.29, 0.717) is 30.3 Å². The molecule has 1 aromatic rings. The molecule has 2 aliphatic rings. The Bertz CT molecular complexity index is 662. The van der Waals surface area contributed by atoms with Crippen molar-refractivity contribution in [3.05, 3.63) is 34.9 Å². The standard InChI is InChI=1S/C19H24O4/c1-4-22-18(21)14-9-10-16(20)15-11-19(3,23-17(14)15)13-7-5-12(2)6-8-13/h5,9-10,13,20H,4,6-8,11H2,1-3H3/t13-,19?/m1/s1. The number of aromatic hydroxyl groups is 1. The zero-order valence-electron chi connectivity index (χ0n) is 14.0. The maximum Gasteiger partial charge on any atom is 0.341 e. The summed E-state index contributed by atoms with van der Waals surface area (Å²) >= 11 is 0. The van der Waals surface area contributed by atoms with Gasteiger partial charge in [-0.2, -0.15) is 0 Å². The van der Waals surface area contributed by atoms with Crippen molar-refractivity contribution in [3.8, 4) is 11.5 Å². The van der Waals surface area contributed by atoms with Gasteiger partial charge in [0.05, 0.1) is 6.61 Å². The molecular formula is C19H24O4. The molecule has 0 spiro atoms. The van der Waals surface area contributed by atoms with Crippen molar-refractivity contribution in [2.75, 3.05) is 6.61 Å². The average Bonchev–Trinajstić information content (AvgIpc) is 2.88. The van der Waals surface area contributed by atoms with Crippen LogP contribution in [0.2, 0.25) is 0 Å². The van der Waals surface area contributed by atoms with Crippen LogP contribution in [0.25, 0.3) is 0 Å². The summed E-state index contributed by atoms with van der Waals surface area (Å²) in [4.78, 5) is 12.2. The van der Waals surface area contributed by atoms with Crippen LogP contribution in [-0.4, -0.2) is 23.3 Å². The zero-order valence-corrected chi connectivity index (χ0v) is 14.0. The molecule has 23 heavy (non-hydrogen) atoms. The van der Waals surface area contributed by atoms with E-state index in [0.717, 1.165) is 24.8 Å². The Morgan fingerprint density at radius 3 is 2.91 bits per heavy atom. The quantitative estimate of drug-likeness (QED) is 0.676. The fraction of sp³-hybridized carbons (Fsp3) is 0.526. The van der Waals surface area contributed by atoms with Crippen molar-refractivity contribution in [2.24, 2.45) is 5.92 Å². The number of ether oxygens (including phenoxy) is 2. The van der Waals surface area contributed by atoms with Gasteiger partial charge in [-0.3, -0.25) is 0 Å². The molecule has 124 valence electrons. The monoisotopic (exact) mass is 316 g/mol. The molecule has 1 aliphatic carbocycles. The summed E-state index contributed by atoms with van der Waals surface area (Å²) in [5.74, 6) is 0.678. The number of rotatable bonds is 3. The Morgan fingerprint density at radius 1 is 1.48 bits per heavy atom. The molecule has 0 saturated heterocycles. The van der Waals surface area contributed by atoms with E-state index in [1.807, 2.05) is 0 Å². The molecule has 1 aliphatic heterocycles. The number of esters is 1. The van der Waals surface area contributed by atoms with Crippen LogP contribution < -0.4 is 4.74 Å². The molecule has 0 saturated carbocycles. The Kier molecular flexibility index (Phi) is 4.09. The molecular weight excluding hydrogens is 292 g/mol. The lowest BCUT2D eigenvalue weighted by Crippen LogP contribution is -2.40. The highest BCUT2D eigenvalue weighted by molar-refractivity contribution is 5.93. The molecule has 1 heterocycles. The first kappa shape index (κ1) is 15.9. The largest absolute Gasteiger partial charge is 0.508 e. The van der Waals surface area contributed by atoms with Gasteiger partial charge in [0.2, 0.25) is 0 Å². The fourth-order valence-corrected chi connectivity index (χ4v) is 3.64. The van der Waals surface area contributed by atoms with Crippen molar-refractivity contribution < 1.29 is 19.4 Å². The number of allylic oxidation sites excluding steroid dienone is 2. The number of fused-ring (bicyclic) bond motifs is 1. The topological polar surface area (TPSA) is 55.8 Å². The average molecular weight is 316 g/mol. The Balaban J connectivity index is 1.92. The maximum atomic E-state index is 12.2. The van der Waals surface area contributed by atoms with E-state index in [2.05, 4.69) is 19.9 Å². The van der Waals surface area contributed by atoms with Crippen LogP contribution >= 0.6 is 0 Å². The van der Waals surface area contributed by atoms with Gasteiger partial charge in [0.15, 0.2) is 0 Å². The van der Waals surface area contributed by atoms with Gasteiger partial charge in [-0.25, -0.2) is 4.79 Å². The van der Waals surface area contributed by atoms with Gasteiger partial charge in [0.1, 0.15) is 22.7 Å². The van der Waals surface area contributed by atoms with Crippen molar-refractivity contribution in [3.63, 3.8) is 0 Å². The molecule has 1 aromatic carbocycles. The summed E-state index contributed by atoms with van der Waals surface area (Å²) in [6.07, 6.45) is 6.03. The van der Waals surface area contributed by atoms with Crippen LogP contribution in [0.5, 0.6) is 11.5 Å². The van der Waals surface area contributed by atoms with E-state index >= 15 is 0 Å². The third kappa shape index (κ3) is 2.82. The molecule has 1 N–H and O–H groups in total. The van der Waals surface area contributed by atoms with E-state index in [-0.39, 0.29) is 11.4 Å². The fourth-order valence-electron chi connectivity index (χ4n) is 3.64. The lowest BCUT2D eigenvalue weighted by atomic mass is 9.76. The second-order valence-electron chi connectivity index (χ2n) is 6.77. The molecule has 1 unspecified atom stereocenters. The normalized spacial score (nSPS) is 26.2. The van der Waals surface area contributed by atoms with Crippen LogP contribution in [0.4, 0.5) is 0 Å². The van der Waals surface area contributed by atoms with Crippen LogP contribution in [0, 0.1) is 5.92 Å². The van der Waals surface area contributed by atoms with Gasteiger partial charge < -0.3 is 14.6 Å². The minimum atomic E-state index is -0.396. The smallest absolute Gasteiger partial charge is 0.341 e. The molecule has 4 nitrogen and oxygen atoms in total. The Labute approximate surface area is 137 Å². The summed E-state index contributed by atoms with van der Waals surface area (Å²) in [6, 6.07) is 3.15. The number of phenols is 1. The number of hydrogen-bond acceptors (Lipinski definition) is 4. The van der Waals surface area contributed by atoms with Gasteiger partial charge in [0, 0.05) is 17.9 Å². The van der Waals surface area contributed by atoms with E-state index < -0.39 is 5.97 Å².